The molecule has 0 radical (unpaired) electrons. The lowest BCUT2D eigenvalue weighted by Gasteiger charge is -2.14. The van der Waals surface area contributed by atoms with Crippen molar-refractivity contribution in [3.05, 3.63) is 34.8 Å². The van der Waals surface area contributed by atoms with E-state index in [1.807, 2.05) is 6.92 Å². The summed E-state index contributed by atoms with van der Waals surface area (Å²) in [5.41, 5.74) is 9.31. The first-order valence-electron chi connectivity index (χ1n) is 6.78. The Morgan fingerprint density at radius 3 is 2.74 bits per heavy atom. The second kappa shape index (κ2) is 4.64. The number of hydrogen-bond acceptors (Lipinski definition) is 4. The van der Waals surface area contributed by atoms with Crippen LogP contribution >= 0.6 is 0 Å². The van der Waals surface area contributed by atoms with E-state index in [1.54, 1.807) is 6.07 Å². The number of rotatable bonds is 2. The number of imidazole rings is 1. The van der Waals surface area contributed by atoms with Crippen molar-refractivity contribution >= 4 is 5.82 Å². The predicted molar refractivity (Wildman–Crippen MR) is 73.9 cm³/mol. The normalized spacial score (nSPS) is 14.4. The van der Waals surface area contributed by atoms with Crippen LogP contribution in [0.15, 0.2) is 6.07 Å². The third kappa shape index (κ3) is 2.32. The van der Waals surface area contributed by atoms with Crippen molar-refractivity contribution in [3.8, 4) is 0 Å². The highest BCUT2D eigenvalue weighted by Crippen LogP contribution is 2.22. The van der Waals surface area contributed by atoms with Crippen LogP contribution in [0.4, 0.5) is 5.82 Å². The fourth-order valence-electron chi connectivity index (χ4n) is 2.81. The smallest absolute Gasteiger partial charge is 0.150 e. The van der Waals surface area contributed by atoms with Gasteiger partial charge in [-0.25, -0.2) is 15.0 Å². The summed E-state index contributed by atoms with van der Waals surface area (Å²) in [6.45, 7) is 4.66. The quantitative estimate of drug-likeness (QED) is 0.890. The molecule has 0 amide bonds. The number of hydrogen-bond donors (Lipinski definition) is 1. The number of anilines is 1. The molecule has 0 saturated heterocycles. The maximum Gasteiger partial charge on any atom is 0.150 e. The zero-order valence-corrected chi connectivity index (χ0v) is 11.5. The van der Waals surface area contributed by atoms with Crippen molar-refractivity contribution in [1.29, 1.82) is 0 Å². The molecule has 1 aliphatic carbocycles. The third-order valence-electron chi connectivity index (χ3n) is 3.64. The molecule has 0 aliphatic heterocycles. The Morgan fingerprint density at radius 2 is 1.95 bits per heavy atom. The molecular formula is C14H19N5. The fraction of sp³-hybridized carbons (Fsp3) is 0.500. The molecule has 2 aromatic rings. The minimum absolute atomic E-state index is 0.536. The molecule has 2 aromatic heterocycles. The van der Waals surface area contributed by atoms with E-state index in [-0.39, 0.29) is 0 Å². The van der Waals surface area contributed by atoms with E-state index in [0.717, 1.165) is 30.2 Å². The number of fused-ring (bicyclic) bond motifs is 1. The molecule has 2 N–H and O–H groups in total. The van der Waals surface area contributed by atoms with E-state index in [0.29, 0.717) is 12.4 Å². The maximum absolute atomic E-state index is 5.79. The van der Waals surface area contributed by atoms with Crippen molar-refractivity contribution in [3.63, 3.8) is 0 Å². The lowest BCUT2D eigenvalue weighted by Crippen LogP contribution is -2.13. The van der Waals surface area contributed by atoms with Crippen LogP contribution in [0.25, 0.3) is 0 Å². The molecule has 100 valence electrons. The van der Waals surface area contributed by atoms with Crippen molar-refractivity contribution in [2.24, 2.45) is 0 Å². The van der Waals surface area contributed by atoms with Gasteiger partial charge in [-0.05, 0) is 39.5 Å². The zero-order valence-electron chi connectivity index (χ0n) is 11.5. The van der Waals surface area contributed by atoms with Crippen LogP contribution in [-0.2, 0) is 19.4 Å². The van der Waals surface area contributed by atoms with Gasteiger partial charge in [0.2, 0.25) is 0 Å². The summed E-state index contributed by atoms with van der Waals surface area (Å²) in [6, 6.07) is 1.79. The summed E-state index contributed by atoms with van der Waals surface area (Å²) in [7, 11) is 0. The Morgan fingerprint density at radius 1 is 1.16 bits per heavy atom. The van der Waals surface area contributed by atoms with E-state index >= 15 is 0 Å². The van der Waals surface area contributed by atoms with Gasteiger partial charge in [-0.1, -0.05) is 0 Å². The van der Waals surface area contributed by atoms with Gasteiger partial charge in [0.25, 0.3) is 0 Å². The van der Waals surface area contributed by atoms with Gasteiger partial charge in [-0.15, -0.1) is 0 Å². The molecule has 3 rings (SSSR count). The van der Waals surface area contributed by atoms with E-state index < -0.39 is 0 Å². The Hall–Kier alpha value is -1.91. The number of aryl methyl sites for hydroxylation is 3. The molecule has 5 nitrogen and oxygen atoms in total. The van der Waals surface area contributed by atoms with Gasteiger partial charge in [0, 0.05) is 17.5 Å². The van der Waals surface area contributed by atoms with E-state index in [9.17, 15) is 0 Å². The van der Waals surface area contributed by atoms with Crippen molar-refractivity contribution in [2.45, 2.75) is 46.1 Å². The van der Waals surface area contributed by atoms with E-state index in [1.165, 1.54) is 24.2 Å². The van der Waals surface area contributed by atoms with Crippen LogP contribution < -0.4 is 5.73 Å². The first kappa shape index (κ1) is 12.1. The monoisotopic (exact) mass is 257 g/mol. The van der Waals surface area contributed by atoms with Crippen LogP contribution in [-0.4, -0.2) is 19.5 Å². The largest absolute Gasteiger partial charge is 0.384 e. The summed E-state index contributed by atoms with van der Waals surface area (Å²) in [5, 5.41) is 0. The van der Waals surface area contributed by atoms with Crippen molar-refractivity contribution in [1.82, 2.24) is 19.5 Å². The van der Waals surface area contributed by atoms with Gasteiger partial charge >= 0.3 is 0 Å². The number of nitrogens with two attached hydrogens (primary N) is 1. The molecular weight excluding hydrogens is 238 g/mol. The second-order valence-corrected chi connectivity index (χ2v) is 5.20. The van der Waals surface area contributed by atoms with E-state index in [2.05, 4.69) is 26.4 Å². The van der Waals surface area contributed by atoms with Crippen LogP contribution in [0, 0.1) is 13.8 Å². The third-order valence-corrected chi connectivity index (χ3v) is 3.64. The first-order chi connectivity index (χ1) is 9.13. The summed E-state index contributed by atoms with van der Waals surface area (Å²) in [4.78, 5) is 13.4. The highest BCUT2D eigenvalue weighted by molar-refractivity contribution is 5.29. The summed E-state index contributed by atoms with van der Waals surface area (Å²) in [5.74, 6) is 2.36. The standard InChI is InChI=1S/C14H19N5/c1-9-7-13(15)18-14(16-9)8-19-10(2)17-11-5-3-4-6-12(11)19/h7H,3-6,8H2,1-2H3,(H2,15,16,18). The lowest BCUT2D eigenvalue weighted by atomic mass is 10.0. The second-order valence-electron chi connectivity index (χ2n) is 5.20. The first-order valence-corrected chi connectivity index (χ1v) is 6.78. The van der Waals surface area contributed by atoms with Gasteiger partial charge < -0.3 is 10.3 Å². The molecule has 1 aliphatic rings. The Labute approximate surface area is 112 Å². The number of aromatic nitrogens is 4. The molecule has 5 heteroatoms. The van der Waals surface area contributed by atoms with Crippen LogP contribution in [0.2, 0.25) is 0 Å². The number of nitrogen functional groups attached to an aromatic ring is 1. The molecule has 0 unspecified atom stereocenters. The van der Waals surface area contributed by atoms with Gasteiger partial charge in [0.05, 0.1) is 12.2 Å². The highest BCUT2D eigenvalue weighted by Gasteiger charge is 2.18. The van der Waals surface area contributed by atoms with Crippen molar-refractivity contribution in [2.75, 3.05) is 5.73 Å². The minimum atomic E-state index is 0.536. The van der Waals surface area contributed by atoms with Crippen LogP contribution in [0.3, 0.4) is 0 Å². The molecule has 0 saturated carbocycles. The van der Waals surface area contributed by atoms with E-state index in [4.69, 9.17) is 5.73 Å². The van der Waals surface area contributed by atoms with Gasteiger partial charge in [-0.2, -0.15) is 0 Å². The van der Waals surface area contributed by atoms with Crippen LogP contribution in [0.5, 0.6) is 0 Å². The lowest BCUT2D eigenvalue weighted by molar-refractivity contribution is 0.614. The molecule has 0 atom stereocenters. The maximum atomic E-state index is 5.79. The zero-order chi connectivity index (χ0) is 13.4. The Kier molecular flexibility index (Phi) is 2.97. The SMILES string of the molecule is Cc1cc(N)nc(Cn2c(C)nc3c2CCCC3)n1. The minimum Gasteiger partial charge on any atom is -0.384 e. The highest BCUT2D eigenvalue weighted by atomic mass is 15.1. The van der Waals surface area contributed by atoms with Crippen molar-refractivity contribution < 1.29 is 0 Å². The molecule has 19 heavy (non-hydrogen) atoms. The molecule has 0 aromatic carbocycles. The average Bonchev–Trinajstić information content (AvgIpc) is 2.65. The Balaban J connectivity index is 1.96. The predicted octanol–water partition coefficient (Wildman–Crippen LogP) is 1.80. The summed E-state index contributed by atoms with van der Waals surface area (Å²) < 4.78 is 2.24. The van der Waals surface area contributed by atoms with Gasteiger partial charge in [-0.3, -0.25) is 0 Å². The van der Waals surface area contributed by atoms with Gasteiger partial charge in [0.1, 0.15) is 11.6 Å². The average molecular weight is 257 g/mol. The topological polar surface area (TPSA) is 69.6 Å². The fourth-order valence-corrected chi connectivity index (χ4v) is 2.81. The summed E-state index contributed by atoms with van der Waals surface area (Å²) >= 11 is 0. The molecule has 2 heterocycles. The molecule has 0 spiro atoms. The Bertz CT molecular complexity index is 594. The molecule has 0 fully saturated rings. The van der Waals surface area contributed by atoms with Gasteiger partial charge in [0.15, 0.2) is 5.82 Å². The number of nitrogens with zero attached hydrogens (tertiary/aromatic N) is 4. The summed E-state index contributed by atoms with van der Waals surface area (Å²) in [6.07, 6.45) is 4.70. The van der Waals surface area contributed by atoms with Crippen LogP contribution in [0.1, 0.15) is 41.6 Å². The molecule has 0 bridgehead atoms.